The first-order valence-corrected chi connectivity index (χ1v) is 9.41. The van der Waals surface area contributed by atoms with Crippen LogP contribution in [-0.4, -0.2) is 30.4 Å². The molecular weight excluding hydrogens is 350 g/mol. The third-order valence-electron chi connectivity index (χ3n) is 3.91. The van der Waals surface area contributed by atoms with Crippen LogP contribution in [0.2, 0.25) is 0 Å². The maximum absolute atomic E-state index is 12.6. The van der Waals surface area contributed by atoms with Crippen LogP contribution in [0.15, 0.2) is 52.0 Å². The van der Waals surface area contributed by atoms with E-state index in [1.54, 1.807) is 12.3 Å². The molecule has 2 aromatic rings. The molecule has 1 aliphatic rings. The molecule has 136 valence electrons. The Hall–Kier alpha value is -2.47. The van der Waals surface area contributed by atoms with Gasteiger partial charge >= 0.3 is 0 Å². The van der Waals surface area contributed by atoms with Gasteiger partial charge in [0.2, 0.25) is 0 Å². The molecule has 0 radical (unpaired) electrons. The first-order chi connectivity index (χ1) is 12.5. The summed E-state index contributed by atoms with van der Waals surface area (Å²) in [5, 5.41) is 0. The lowest BCUT2D eigenvalue weighted by Gasteiger charge is -2.10. The molecule has 1 aromatic carbocycles. The summed E-state index contributed by atoms with van der Waals surface area (Å²) in [6, 6.07) is 10.9. The van der Waals surface area contributed by atoms with E-state index < -0.39 is 0 Å². The maximum atomic E-state index is 12.6. The summed E-state index contributed by atoms with van der Waals surface area (Å²) >= 11 is 1.32. The molecule has 3 rings (SSSR count). The standard InChI is InChI=1S/C20H21NO4S/c1-13(2)11-25-15-8-6-14(7-9-15)17-18(20(23)21(3)19(17)22)26-12-16-5-4-10-24-16/h4-10,13H,11-12H2,1-3H3. The fourth-order valence-electron chi connectivity index (χ4n) is 2.52. The second kappa shape index (κ2) is 7.83. The molecule has 0 aliphatic carbocycles. The lowest BCUT2D eigenvalue weighted by molar-refractivity contribution is -0.134. The molecule has 0 fully saturated rings. The summed E-state index contributed by atoms with van der Waals surface area (Å²) in [7, 11) is 1.51. The molecule has 0 saturated heterocycles. The van der Waals surface area contributed by atoms with Crippen LogP contribution in [0.25, 0.3) is 5.57 Å². The number of carbonyl (C=O) groups excluding carboxylic acids is 2. The molecule has 0 spiro atoms. The quantitative estimate of drug-likeness (QED) is 0.690. The second-order valence-electron chi connectivity index (χ2n) is 6.47. The third kappa shape index (κ3) is 3.85. The zero-order valence-electron chi connectivity index (χ0n) is 15.0. The molecule has 1 aliphatic heterocycles. The second-order valence-corrected chi connectivity index (χ2v) is 7.46. The molecular formula is C20H21NO4S. The van der Waals surface area contributed by atoms with Crippen molar-refractivity contribution in [1.29, 1.82) is 0 Å². The molecule has 2 heterocycles. The van der Waals surface area contributed by atoms with Gasteiger partial charge in [0.05, 0.1) is 29.1 Å². The van der Waals surface area contributed by atoms with E-state index in [1.807, 2.05) is 30.3 Å². The van der Waals surface area contributed by atoms with Gasteiger partial charge in [0.15, 0.2) is 0 Å². The van der Waals surface area contributed by atoms with Crippen molar-refractivity contribution in [3.8, 4) is 5.75 Å². The lowest BCUT2D eigenvalue weighted by atomic mass is 10.1. The smallest absolute Gasteiger partial charge is 0.267 e. The van der Waals surface area contributed by atoms with E-state index in [1.165, 1.54) is 18.8 Å². The first kappa shape index (κ1) is 18.3. The summed E-state index contributed by atoms with van der Waals surface area (Å²) in [5.74, 6) is 1.88. The maximum Gasteiger partial charge on any atom is 0.267 e. The first-order valence-electron chi connectivity index (χ1n) is 8.42. The molecule has 6 heteroatoms. The Bertz CT molecular complexity index is 822. The minimum atomic E-state index is -0.284. The van der Waals surface area contributed by atoms with E-state index in [0.717, 1.165) is 16.4 Å². The number of nitrogens with zero attached hydrogens (tertiary/aromatic N) is 1. The van der Waals surface area contributed by atoms with Crippen molar-refractivity contribution in [2.45, 2.75) is 19.6 Å². The Balaban J connectivity index is 1.85. The molecule has 5 nitrogen and oxygen atoms in total. The summed E-state index contributed by atoms with van der Waals surface area (Å²) in [6.45, 7) is 4.80. The zero-order chi connectivity index (χ0) is 18.7. The highest BCUT2D eigenvalue weighted by Crippen LogP contribution is 2.37. The number of hydrogen-bond acceptors (Lipinski definition) is 5. The van der Waals surface area contributed by atoms with E-state index >= 15 is 0 Å². The molecule has 0 bridgehead atoms. The van der Waals surface area contributed by atoms with Crippen molar-refractivity contribution in [3.63, 3.8) is 0 Å². The van der Waals surface area contributed by atoms with Gasteiger partial charge in [-0.2, -0.15) is 0 Å². The summed E-state index contributed by atoms with van der Waals surface area (Å²) < 4.78 is 11.0. The number of benzene rings is 1. The van der Waals surface area contributed by atoms with Crippen LogP contribution in [0.1, 0.15) is 25.2 Å². The lowest BCUT2D eigenvalue weighted by Crippen LogP contribution is -2.26. The number of amides is 2. The van der Waals surface area contributed by atoms with E-state index in [9.17, 15) is 9.59 Å². The zero-order valence-corrected chi connectivity index (χ0v) is 15.8. The van der Waals surface area contributed by atoms with Gasteiger partial charge < -0.3 is 9.15 Å². The normalized spacial score (nSPS) is 14.7. The van der Waals surface area contributed by atoms with E-state index in [4.69, 9.17) is 9.15 Å². The Morgan fingerprint density at radius 2 is 1.85 bits per heavy atom. The van der Waals surface area contributed by atoms with Crippen LogP contribution in [0.5, 0.6) is 5.75 Å². The minimum Gasteiger partial charge on any atom is -0.493 e. The highest BCUT2D eigenvalue weighted by molar-refractivity contribution is 8.03. The van der Waals surface area contributed by atoms with Crippen LogP contribution in [0.3, 0.4) is 0 Å². The van der Waals surface area contributed by atoms with Gasteiger partial charge in [0, 0.05) is 7.05 Å². The number of thioether (sulfide) groups is 1. The van der Waals surface area contributed by atoms with Crippen LogP contribution < -0.4 is 4.74 Å². The van der Waals surface area contributed by atoms with Crippen LogP contribution >= 0.6 is 11.8 Å². The number of rotatable bonds is 7. The molecule has 0 unspecified atom stereocenters. The predicted octanol–water partition coefficient (Wildman–Crippen LogP) is 3.96. The van der Waals surface area contributed by atoms with Gasteiger partial charge in [-0.1, -0.05) is 26.0 Å². The van der Waals surface area contributed by atoms with Gasteiger partial charge in [-0.15, -0.1) is 11.8 Å². The summed E-state index contributed by atoms with van der Waals surface area (Å²) in [6.07, 6.45) is 1.59. The molecule has 0 atom stereocenters. The SMILES string of the molecule is CC(C)COc1ccc(C2=C(SCc3ccco3)C(=O)N(C)C2=O)cc1. The van der Waals surface area contributed by atoms with Crippen molar-refractivity contribution in [3.05, 3.63) is 58.9 Å². The van der Waals surface area contributed by atoms with E-state index in [2.05, 4.69) is 13.8 Å². The molecule has 2 amide bonds. The van der Waals surface area contributed by atoms with Crippen molar-refractivity contribution < 1.29 is 18.7 Å². The van der Waals surface area contributed by atoms with Gasteiger partial charge in [0.25, 0.3) is 11.8 Å². The monoisotopic (exact) mass is 371 g/mol. The third-order valence-corrected chi connectivity index (χ3v) is 5.01. The average molecular weight is 371 g/mol. The Labute approximate surface area is 157 Å². The van der Waals surface area contributed by atoms with Gasteiger partial charge in [-0.3, -0.25) is 14.5 Å². The van der Waals surface area contributed by atoms with Crippen molar-refractivity contribution in [1.82, 2.24) is 4.90 Å². The largest absolute Gasteiger partial charge is 0.493 e. The topological polar surface area (TPSA) is 59.8 Å². The molecule has 0 N–H and O–H groups in total. The Morgan fingerprint density at radius 1 is 1.12 bits per heavy atom. The molecule has 0 saturated carbocycles. The van der Waals surface area contributed by atoms with Crippen LogP contribution in [-0.2, 0) is 15.3 Å². The number of likely N-dealkylation sites (N-methyl/N-ethyl adjacent to an activating group) is 1. The summed E-state index contributed by atoms with van der Waals surface area (Å²) in [4.78, 5) is 26.6. The van der Waals surface area contributed by atoms with Crippen molar-refractivity contribution >= 4 is 29.1 Å². The van der Waals surface area contributed by atoms with Crippen molar-refractivity contribution in [2.75, 3.05) is 13.7 Å². The number of ether oxygens (including phenoxy) is 1. The van der Waals surface area contributed by atoms with E-state index in [-0.39, 0.29) is 11.8 Å². The minimum absolute atomic E-state index is 0.276. The number of hydrogen-bond donors (Lipinski definition) is 0. The fraction of sp³-hybridized carbons (Fsp3) is 0.300. The number of imide groups is 1. The predicted molar refractivity (Wildman–Crippen MR) is 101 cm³/mol. The van der Waals surface area contributed by atoms with Gasteiger partial charge in [-0.25, -0.2) is 0 Å². The van der Waals surface area contributed by atoms with Gasteiger partial charge in [-0.05, 0) is 35.7 Å². The van der Waals surface area contributed by atoms with E-state index in [0.29, 0.717) is 34.3 Å². The van der Waals surface area contributed by atoms with Gasteiger partial charge in [0.1, 0.15) is 11.5 Å². The average Bonchev–Trinajstić information content (AvgIpc) is 3.22. The molecule has 26 heavy (non-hydrogen) atoms. The number of furan rings is 1. The highest BCUT2D eigenvalue weighted by atomic mass is 32.2. The highest BCUT2D eigenvalue weighted by Gasteiger charge is 2.36. The van der Waals surface area contributed by atoms with Crippen LogP contribution in [0, 0.1) is 5.92 Å². The van der Waals surface area contributed by atoms with Crippen molar-refractivity contribution in [2.24, 2.45) is 5.92 Å². The summed E-state index contributed by atoms with van der Waals surface area (Å²) in [5.41, 5.74) is 1.15. The molecule has 1 aromatic heterocycles. The fourth-order valence-corrected chi connectivity index (χ4v) is 3.58. The Kier molecular flexibility index (Phi) is 5.52. The van der Waals surface area contributed by atoms with Crippen LogP contribution in [0.4, 0.5) is 0 Å². The Morgan fingerprint density at radius 3 is 2.46 bits per heavy atom. The number of carbonyl (C=O) groups is 2.